The Bertz CT molecular complexity index is 1280. The molecule has 1 amide bonds. The second-order valence-corrected chi connectivity index (χ2v) is 8.46. The number of fused-ring (bicyclic) bond motifs is 1. The van der Waals surface area contributed by atoms with Gasteiger partial charge in [-0.3, -0.25) is 14.9 Å². The molecule has 0 saturated carbocycles. The summed E-state index contributed by atoms with van der Waals surface area (Å²) >= 11 is 1.82. The minimum atomic E-state index is -0.457. The summed E-state index contributed by atoms with van der Waals surface area (Å²) in [5.74, 6) is -0.320. The number of nitrogens with zero attached hydrogens (tertiary/aromatic N) is 4. The molecule has 5 rings (SSSR count). The molecule has 9 heteroatoms. The largest absolute Gasteiger partial charge is 0.367 e. The first kappa shape index (κ1) is 20.0. The fourth-order valence-electron chi connectivity index (χ4n) is 3.74. The number of aromatic nitrogens is 2. The fourth-order valence-corrected chi connectivity index (χ4v) is 4.63. The minimum Gasteiger partial charge on any atom is -0.367 e. The lowest BCUT2D eigenvalue weighted by atomic mass is 10.1. The third kappa shape index (κ3) is 3.97. The number of hydrogen-bond acceptors (Lipinski definition) is 6. The van der Waals surface area contributed by atoms with E-state index in [1.54, 1.807) is 24.4 Å². The smallest absolute Gasteiger partial charge is 0.276 e. The predicted octanol–water partition coefficient (Wildman–Crippen LogP) is 4.66. The third-order valence-corrected chi connectivity index (χ3v) is 6.47. The molecule has 1 N–H and O–H groups in total. The summed E-state index contributed by atoms with van der Waals surface area (Å²) < 4.78 is 1.51. The van der Waals surface area contributed by atoms with Crippen LogP contribution in [0.4, 0.5) is 17.1 Å². The van der Waals surface area contributed by atoms with E-state index < -0.39 is 4.92 Å². The Hall–Kier alpha value is -3.98. The number of non-ortho nitro benzene ring substituents is 1. The molecule has 2 aromatic heterocycles. The number of nitrogens with one attached hydrogen (secondary N) is 1. The summed E-state index contributed by atoms with van der Waals surface area (Å²) in [5, 5.41) is 20.1. The molecule has 0 saturated heterocycles. The van der Waals surface area contributed by atoms with Gasteiger partial charge in [-0.2, -0.15) is 5.10 Å². The molecular weight excluding hydrogens is 426 g/mol. The summed E-state index contributed by atoms with van der Waals surface area (Å²) in [6, 6.07) is 17.6. The van der Waals surface area contributed by atoms with Crippen molar-refractivity contribution in [1.82, 2.24) is 9.78 Å². The van der Waals surface area contributed by atoms with Crippen molar-refractivity contribution in [2.45, 2.75) is 13.0 Å². The predicted molar refractivity (Wildman–Crippen MR) is 124 cm³/mol. The number of thiophene rings is 1. The zero-order chi connectivity index (χ0) is 22.1. The van der Waals surface area contributed by atoms with Gasteiger partial charge in [-0.25, -0.2) is 4.68 Å². The third-order valence-electron chi connectivity index (χ3n) is 5.44. The highest BCUT2D eigenvalue weighted by Crippen LogP contribution is 2.28. The number of hydrogen-bond donors (Lipinski definition) is 1. The first-order chi connectivity index (χ1) is 15.6. The lowest BCUT2D eigenvalue weighted by molar-refractivity contribution is -0.384. The van der Waals surface area contributed by atoms with Crippen LogP contribution in [0.25, 0.3) is 5.69 Å². The number of carbonyl (C=O) groups is 1. The zero-order valence-corrected chi connectivity index (χ0v) is 17.8. The van der Waals surface area contributed by atoms with Gasteiger partial charge in [0.05, 0.1) is 10.6 Å². The zero-order valence-electron chi connectivity index (χ0n) is 17.0. The van der Waals surface area contributed by atoms with Crippen LogP contribution in [0.3, 0.4) is 0 Å². The van der Waals surface area contributed by atoms with E-state index in [-0.39, 0.29) is 17.3 Å². The van der Waals surface area contributed by atoms with Crippen molar-refractivity contribution < 1.29 is 9.72 Å². The first-order valence-electron chi connectivity index (χ1n) is 10.1. The van der Waals surface area contributed by atoms with Gasteiger partial charge in [-0.1, -0.05) is 0 Å². The Kier molecular flexibility index (Phi) is 5.16. The van der Waals surface area contributed by atoms with Gasteiger partial charge < -0.3 is 10.2 Å². The van der Waals surface area contributed by atoms with Crippen LogP contribution in [0.1, 0.15) is 20.9 Å². The van der Waals surface area contributed by atoms with Gasteiger partial charge in [0.15, 0.2) is 5.69 Å². The molecule has 3 heterocycles. The molecule has 4 aromatic rings. The summed E-state index contributed by atoms with van der Waals surface area (Å²) in [5.41, 5.74) is 4.10. The second-order valence-electron chi connectivity index (χ2n) is 7.46. The SMILES string of the molecule is O=C(Nc1ccc(N2CCc3sccc3C2)cc1)c1ccn(-c2ccc([N+](=O)[O-])cc2)n1. The van der Waals surface area contributed by atoms with Crippen molar-refractivity contribution in [3.63, 3.8) is 0 Å². The number of benzene rings is 2. The van der Waals surface area contributed by atoms with E-state index in [0.717, 1.165) is 25.2 Å². The van der Waals surface area contributed by atoms with Gasteiger partial charge in [0, 0.05) is 47.7 Å². The van der Waals surface area contributed by atoms with E-state index in [2.05, 4.69) is 26.8 Å². The quantitative estimate of drug-likeness (QED) is 0.356. The van der Waals surface area contributed by atoms with Crippen LogP contribution in [0, 0.1) is 10.1 Å². The maximum absolute atomic E-state index is 12.6. The summed E-state index contributed by atoms with van der Waals surface area (Å²) in [4.78, 5) is 26.8. The summed E-state index contributed by atoms with van der Waals surface area (Å²) in [6.07, 6.45) is 2.71. The fraction of sp³-hybridized carbons (Fsp3) is 0.130. The second kappa shape index (κ2) is 8.27. The van der Waals surface area contributed by atoms with Gasteiger partial charge in [0.25, 0.3) is 11.6 Å². The molecule has 1 aliphatic heterocycles. The Morgan fingerprint density at radius 1 is 1.03 bits per heavy atom. The highest BCUT2D eigenvalue weighted by atomic mass is 32.1. The molecule has 160 valence electrons. The summed E-state index contributed by atoms with van der Waals surface area (Å²) in [7, 11) is 0. The molecule has 0 aliphatic carbocycles. The van der Waals surface area contributed by atoms with Crippen LogP contribution < -0.4 is 10.2 Å². The molecule has 1 aliphatic rings. The molecule has 0 unspecified atom stereocenters. The molecule has 0 spiro atoms. The Morgan fingerprint density at radius 3 is 2.53 bits per heavy atom. The number of carbonyl (C=O) groups excluding carboxylic acids is 1. The molecule has 0 bridgehead atoms. The molecule has 0 fully saturated rings. The van der Waals surface area contributed by atoms with E-state index in [1.165, 1.54) is 27.3 Å². The van der Waals surface area contributed by atoms with Crippen LogP contribution in [0.15, 0.2) is 72.2 Å². The monoisotopic (exact) mass is 445 g/mol. The van der Waals surface area contributed by atoms with Gasteiger partial charge in [-0.05, 0) is 65.9 Å². The van der Waals surface area contributed by atoms with E-state index >= 15 is 0 Å². The van der Waals surface area contributed by atoms with Crippen molar-refractivity contribution in [3.8, 4) is 5.69 Å². The molecule has 0 radical (unpaired) electrons. The number of rotatable bonds is 5. The molecule has 8 nitrogen and oxygen atoms in total. The molecule has 32 heavy (non-hydrogen) atoms. The van der Waals surface area contributed by atoms with Crippen molar-refractivity contribution in [3.05, 3.63) is 98.5 Å². The van der Waals surface area contributed by atoms with Gasteiger partial charge in [0.2, 0.25) is 0 Å². The number of amides is 1. The van der Waals surface area contributed by atoms with Crippen LogP contribution in [0.5, 0.6) is 0 Å². The number of nitro groups is 1. The Morgan fingerprint density at radius 2 is 1.78 bits per heavy atom. The Labute approximate surface area is 187 Å². The van der Waals surface area contributed by atoms with Crippen molar-refractivity contribution >= 4 is 34.3 Å². The highest BCUT2D eigenvalue weighted by molar-refractivity contribution is 7.10. The molecule has 2 aromatic carbocycles. The van der Waals surface area contributed by atoms with Crippen molar-refractivity contribution in [2.24, 2.45) is 0 Å². The van der Waals surface area contributed by atoms with Crippen LogP contribution >= 0.6 is 11.3 Å². The molecular formula is C23H19N5O3S. The standard InChI is InChI=1S/C23H19N5O3S/c29-23(21-9-13-27(25-21)19-5-7-20(8-6-19)28(30)31)24-17-1-3-18(4-2-17)26-12-10-22-16(15-26)11-14-32-22/h1-9,11,13-14H,10,12,15H2,(H,24,29). The van der Waals surface area contributed by atoms with E-state index in [1.807, 2.05) is 35.6 Å². The van der Waals surface area contributed by atoms with Crippen LogP contribution in [-0.2, 0) is 13.0 Å². The van der Waals surface area contributed by atoms with E-state index in [9.17, 15) is 14.9 Å². The van der Waals surface area contributed by atoms with Crippen molar-refractivity contribution in [1.29, 1.82) is 0 Å². The lowest BCUT2D eigenvalue weighted by Gasteiger charge is -2.29. The van der Waals surface area contributed by atoms with E-state index in [0.29, 0.717) is 11.4 Å². The molecule has 0 atom stereocenters. The van der Waals surface area contributed by atoms with Crippen LogP contribution in [-0.4, -0.2) is 27.2 Å². The Balaban J connectivity index is 1.24. The first-order valence-corrected chi connectivity index (χ1v) is 11.0. The summed E-state index contributed by atoms with van der Waals surface area (Å²) in [6.45, 7) is 1.89. The normalized spacial score (nSPS) is 12.9. The van der Waals surface area contributed by atoms with Gasteiger partial charge >= 0.3 is 0 Å². The van der Waals surface area contributed by atoms with Gasteiger partial charge in [0.1, 0.15) is 0 Å². The average molecular weight is 446 g/mol. The lowest BCUT2D eigenvalue weighted by Crippen LogP contribution is -2.29. The van der Waals surface area contributed by atoms with Gasteiger partial charge in [-0.15, -0.1) is 11.3 Å². The maximum Gasteiger partial charge on any atom is 0.276 e. The number of nitro benzene ring substituents is 1. The average Bonchev–Trinajstić information content (AvgIpc) is 3.49. The maximum atomic E-state index is 12.6. The van der Waals surface area contributed by atoms with Crippen molar-refractivity contribution in [2.75, 3.05) is 16.8 Å². The number of anilines is 2. The van der Waals surface area contributed by atoms with Crippen LogP contribution in [0.2, 0.25) is 0 Å². The topological polar surface area (TPSA) is 93.3 Å². The van der Waals surface area contributed by atoms with E-state index in [4.69, 9.17) is 0 Å². The highest BCUT2D eigenvalue weighted by Gasteiger charge is 2.18. The minimum absolute atomic E-state index is 0.00244.